The lowest BCUT2D eigenvalue weighted by Crippen LogP contribution is -2.15. The Balaban J connectivity index is 1.57. The number of rotatable bonds is 5. The number of thiazole rings is 1. The van der Waals surface area contributed by atoms with E-state index in [-0.39, 0.29) is 11.7 Å². The van der Waals surface area contributed by atoms with Gasteiger partial charge in [-0.2, -0.15) is 0 Å². The van der Waals surface area contributed by atoms with Gasteiger partial charge in [0, 0.05) is 34.9 Å². The average molecular weight is 406 g/mol. The van der Waals surface area contributed by atoms with Gasteiger partial charge < -0.3 is 4.57 Å². The maximum Gasteiger partial charge on any atom is 0.257 e. The summed E-state index contributed by atoms with van der Waals surface area (Å²) in [7, 11) is 0. The van der Waals surface area contributed by atoms with Gasteiger partial charge in [-0.25, -0.2) is 14.4 Å². The van der Waals surface area contributed by atoms with Crippen molar-refractivity contribution in [2.75, 3.05) is 5.32 Å². The Morgan fingerprint density at radius 2 is 1.90 bits per heavy atom. The Hall–Kier alpha value is -3.32. The van der Waals surface area contributed by atoms with Crippen LogP contribution in [0.3, 0.4) is 0 Å². The number of halogens is 1. The van der Waals surface area contributed by atoms with Crippen LogP contribution < -0.4 is 5.32 Å². The highest BCUT2D eigenvalue weighted by Crippen LogP contribution is 2.30. The van der Waals surface area contributed by atoms with Gasteiger partial charge in [0.15, 0.2) is 5.13 Å². The molecule has 1 amide bonds. The van der Waals surface area contributed by atoms with Gasteiger partial charge in [-0.3, -0.25) is 10.1 Å². The topological polar surface area (TPSA) is 59.8 Å². The highest BCUT2D eigenvalue weighted by molar-refractivity contribution is 7.16. The van der Waals surface area contributed by atoms with E-state index < -0.39 is 0 Å². The van der Waals surface area contributed by atoms with Crippen molar-refractivity contribution < 1.29 is 9.18 Å². The molecule has 0 aliphatic carbocycles. The lowest BCUT2D eigenvalue weighted by molar-refractivity contribution is 0.102. The number of nitrogens with zero attached hydrogens (tertiary/aromatic N) is 3. The van der Waals surface area contributed by atoms with Crippen LogP contribution in [0.25, 0.3) is 11.3 Å². The number of benzene rings is 2. The highest BCUT2D eigenvalue weighted by Gasteiger charge is 2.16. The number of carbonyl (C=O) groups is 1. The fourth-order valence-corrected chi connectivity index (χ4v) is 3.95. The maximum atomic E-state index is 13.2. The molecular formula is C22H19FN4OS. The first-order valence-electron chi connectivity index (χ1n) is 9.11. The van der Waals surface area contributed by atoms with E-state index in [9.17, 15) is 9.18 Å². The molecule has 0 fully saturated rings. The Kier molecular flexibility index (Phi) is 5.22. The minimum Gasteiger partial charge on any atom is -0.331 e. The molecule has 0 atom stereocenters. The van der Waals surface area contributed by atoms with Crippen LogP contribution in [0.4, 0.5) is 9.52 Å². The molecule has 5 nitrogen and oxygen atoms in total. The van der Waals surface area contributed by atoms with Crippen molar-refractivity contribution in [2.24, 2.45) is 0 Å². The number of imidazole rings is 1. The molecule has 146 valence electrons. The molecule has 4 rings (SSSR count). The zero-order valence-electron chi connectivity index (χ0n) is 16.0. The summed E-state index contributed by atoms with van der Waals surface area (Å²) in [6.45, 7) is 4.42. The van der Waals surface area contributed by atoms with Gasteiger partial charge in [0.2, 0.25) is 0 Å². The maximum absolute atomic E-state index is 13.2. The summed E-state index contributed by atoms with van der Waals surface area (Å²) < 4.78 is 15.2. The van der Waals surface area contributed by atoms with E-state index in [1.165, 1.54) is 23.5 Å². The summed E-state index contributed by atoms with van der Waals surface area (Å²) in [6.07, 6.45) is 3.64. The molecule has 0 unspecified atom stereocenters. The van der Waals surface area contributed by atoms with Crippen LogP contribution in [0.2, 0.25) is 0 Å². The van der Waals surface area contributed by atoms with E-state index in [0.29, 0.717) is 17.2 Å². The highest BCUT2D eigenvalue weighted by atomic mass is 32.1. The third-order valence-electron chi connectivity index (χ3n) is 4.66. The Bertz CT molecular complexity index is 1160. The van der Waals surface area contributed by atoms with Crippen LogP contribution in [-0.4, -0.2) is 20.4 Å². The quantitative estimate of drug-likeness (QED) is 0.504. The summed E-state index contributed by atoms with van der Waals surface area (Å²) in [5.41, 5.74) is 3.05. The number of hydrogen-bond acceptors (Lipinski definition) is 4. The Morgan fingerprint density at radius 3 is 2.62 bits per heavy atom. The molecule has 4 aromatic rings. The number of aryl methyl sites for hydroxylation is 2. The van der Waals surface area contributed by atoms with Crippen LogP contribution in [0.1, 0.15) is 26.6 Å². The molecule has 1 N–H and O–H groups in total. The third-order valence-corrected chi connectivity index (χ3v) is 5.55. The van der Waals surface area contributed by atoms with Crippen molar-refractivity contribution in [3.05, 3.63) is 88.6 Å². The Morgan fingerprint density at radius 1 is 1.14 bits per heavy atom. The van der Waals surface area contributed by atoms with Crippen molar-refractivity contribution in [1.82, 2.24) is 14.5 Å². The smallest absolute Gasteiger partial charge is 0.257 e. The fourth-order valence-electron chi connectivity index (χ4n) is 3.12. The number of carbonyl (C=O) groups excluding carboxylic acids is 1. The molecule has 0 saturated carbocycles. The molecule has 7 heteroatoms. The third kappa shape index (κ3) is 4.09. The molecule has 29 heavy (non-hydrogen) atoms. The van der Waals surface area contributed by atoms with Crippen LogP contribution in [0, 0.1) is 19.7 Å². The summed E-state index contributed by atoms with van der Waals surface area (Å²) in [4.78, 5) is 22.7. The van der Waals surface area contributed by atoms with Crippen molar-refractivity contribution in [3.63, 3.8) is 0 Å². The van der Waals surface area contributed by atoms with Gasteiger partial charge in [-0.15, -0.1) is 11.3 Å². The number of amides is 1. The fraction of sp³-hybridized carbons (Fsp3) is 0.136. The normalized spacial score (nSPS) is 10.9. The molecule has 0 saturated heterocycles. The molecule has 2 aromatic heterocycles. The standard InChI is InChI=1S/C22H19FN4OS/c1-14-20(16-7-9-18(23)10-8-16)25-22(29-14)26-21(28)19-6-4-3-5-17(19)13-27-12-11-24-15(27)2/h3-12H,13H2,1-2H3,(H,25,26,28). The largest absolute Gasteiger partial charge is 0.331 e. The van der Waals surface area contributed by atoms with Crippen molar-refractivity contribution >= 4 is 22.4 Å². The predicted molar refractivity (Wildman–Crippen MR) is 113 cm³/mol. The molecule has 2 heterocycles. The second-order valence-corrected chi connectivity index (χ2v) is 7.85. The van der Waals surface area contributed by atoms with Crippen LogP contribution in [0.5, 0.6) is 0 Å². The minimum absolute atomic E-state index is 0.210. The number of nitrogens with one attached hydrogen (secondary N) is 1. The summed E-state index contributed by atoms with van der Waals surface area (Å²) >= 11 is 1.40. The first-order valence-corrected chi connectivity index (χ1v) is 9.93. The number of hydrogen-bond donors (Lipinski definition) is 1. The van der Waals surface area contributed by atoms with Gasteiger partial charge in [0.25, 0.3) is 5.91 Å². The molecule has 0 aliphatic heterocycles. The van der Waals surface area contributed by atoms with Gasteiger partial charge in [0.05, 0.1) is 5.69 Å². The lowest BCUT2D eigenvalue weighted by atomic mass is 10.1. The lowest BCUT2D eigenvalue weighted by Gasteiger charge is -2.10. The first kappa shape index (κ1) is 19.0. The predicted octanol–water partition coefficient (Wildman–Crippen LogP) is 5.06. The zero-order valence-corrected chi connectivity index (χ0v) is 16.8. The van der Waals surface area contributed by atoms with E-state index in [0.717, 1.165) is 27.5 Å². The molecule has 2 aromatic carbocycles. The van der Waals surface area contributed by atoms with E-state index >= 15 is 0 Å². The molecule has 0 aliphatic rings. The van der Waals surface area contributed by atoms with Gasteiger partial charge in [-0.1, -0.05) is 18.2 Å². The van der Waals surface area contributed by atoms with E-state index in [2.05, 4.69) is 15.3 Å². The van der Waals surface area contributed by atoms with Gasteiger partial charge in [0.1, 0.15) is 11.6 Å². The van der Waals surface area contributed by atoms with Crippen LogP contribution >= 0.6 is 11.3 Å². The first-order chi connectivity index (χ1) is 14.0. The second-order valence-electron chi connectivity index (χ2n) is 6.64. The average Bonchev–Trinajstić information content (AvgIpc) is 3.28. The van der Waals surface area contributed by atoms with E-state index in [1.54, 1.807) is 24.4 Å². The van der Waals surface area contributed by atoms with Crippen LogP contribution in [-0.2, 0) is 6.54 Å². The van der Waals surface area contributed by atoms with E-state index in [4.69, 9.17) is 0 Å². The Labute approximate surface area is 171 Å². The molecular weight excluding hydrogens is 387 g/mol. The summed E-state index contributed by atoms with van der Waals surface area (Å²) in [6, 6.07) is 13.7. The monoisotopic (exact) mass is 406 g/mol. The molecule has 0 bridgehead atoms. The van der Waals surface area contributed by atoms with Crippen molar-refractivity contribution in [1.29, 1.82) is 0 Å². The van der Waals surface area contributed by atoms with Crippen LogP contribution in [0.15, 0.2) is 60.9 Å². The SMILES string of the molecule is Cc1sc(NC(=O)c2ccccc2Cn2ccnc2C)nc1-c1ccc(F)cc1. The molecule has 0 spiro atoms. The van der Waals surface area contributed by atoms with Crippen molar-refractivity contribution in [2.45, 2.75) is 20.4 Å². The summed E-state index contributed by atoms with van der Waals surface area (Å²) in [5, 5.41) is 3.42. The van der Waals surface area contributed by atoms with Gasteiger partial charge in [-0.05, 0) is 49.7 Å². The summed E-state index contributed by atoms with van der Waals surface area (Å²) in [5.74, 6) is 0.386. The second kappa shape index (κ2) is 7.97. The van der Waals surface area contributed by atoms with E-state index in [1.807, 2.05) is 42.8 Å². The number of anilines is 1. The number of aromatic nitrogens is 3. The van der Waals surface area contributed by atoms with Gasteiger partial charge >= 0.3 is 0 Å². The minimum atomic E-state index is -0.292. The zero-order chi connectivity index (χ0) is 20.4. The van der Waals surface area contributed by atoms with Crippen molar-refractivity contribution in [3.8, 4) is 11.3 Å². The molecule has 0 radical (unpaired) electrons.